The smallest absolute Gasteiger partial charge is 0.312 e. The standard InChI is InChI=1S/C11H15NO3/c1-2-14-8-15-11(13)7-9-5-3-4-6-10(9)12/h3-6H,2,7-8,12H2,1H3. The van der Waals surface area contributed by atoms with E-state index in [1.165, 1.54) is 0 Å². The number of rotatable bonds is 5. The molecule has 0 atom stereocenters. The number of nitrogen functional groups attached to an aromatic ring is 1. The zero-order chi connectivity index (χ0) is 11.1. The second-order valence-corrected chi connectivity index (χ2v) is 3.00. The summed E-state index contributed by atoms with van der Waals surface area (Å²) in [5, 5.41) is 0. The molecular formula is C11H15NO3. The van der Waals surface area contributed by atoms with E-state index in [0.717, 1.165) is 5.56 Å². The molecule has 0 aliphatic heterocycles. The van der Waals surface area contributed by atoms with Crippen LogP contribution in [0.5, 0.6) is 0 Å². The van der Waals surface area contributed by atoms with E-state index in [4.69, 9.17) is 15.2 Å². The van der Waals surface area contributed by atoms with Crippen LogP contribution in [-0.4, -0.2) is 19.4 Å². The molecule has 1 aromatic rings. The minimum atomic E-state index is -0.332. The molecule has 0 heterocycles. The van der Waals surface area contributed by atoms with E-state index in [0.29, 0.717) is 12.3 Å². The first kappa shape index (κ1) is 11.5. The summed E-state index contributed by atoms with van der Waals surface area (Å²) < 4.78 is 9.72. The molecule has 0 unspecified atom stereocenters. The van der Waals surface area contributed by atoms with Crippen molar-refractivity contribution in [2.75, 3.05) is 19.1 Å². The van der Waals surface area contributed by atoms with Gasteiger partial charge in [0.2, 0.25) is 0 Å². The van der Waals surface area contributed by atoms with Crippen molar-refractivity contribution >= 4 is 11.7 Å². The van der Waals surface area contributed by atoms with Gasteiger partial charge < -0.3 is 15.2 Å². The second kappa shape index (κ2) is 6.03. The summed E-state index contributed by atoms with van der Waals surface area (Å²) in [5.74, 6) is -0.332. The van der Waals surface area contributed by atoms with Crippen molar-refractivity contribution in [3.63, 3.8) is 0 Å². The van der Waals surface area contributed by atoms with Crippen LogP contribution in [-0.2, 0) is 20.7 Å². The lowest BCUT2D eigenvalue weighted by Gasteiger charge is -2.06. The summed E-state index contributed by atoms with van der Waals surface area (Å²) in [6, 6.07) is 7.22. The molecule has 1 aromatic carbocycles. The van der Waals surface area contributed by atoms with E-state index in [-0.39, 0.29) is 19.2 Å². The van der Waals surface area contributed by atoms with Gasteiger partial charge in [-0.2, -0.15) is 0 Å². The number of anilines is 1. The minimum Gasteiger partial charge on any atom is -0.438 e. The fraction of sp³-hybridized carbons (Fsp3) is 0.364. The molecule has 0 spiro atoms. The van der Waals surface area contributed by atoms with E-state index >= 15 is 0 Å². The molecule has 0 bridgehead atoms. The molecule has 0 saturated heterocycles. The highest BCUT2D eigenvalue weighted by molar-refractivity contribution is 5.74. The molecule has 82 valence electrons. The highest BCUT2D eigenvalue weighted by Crippen LogP contribution is 2.11. The Labute approximate surface area is 89.0 Å². The number of para-hydroxylation sites is 1. The Bertz CT molecular complexity index is 325. The highest BCUT2D eigenvalue weighted by atomic mass is 16.7. The van der Waals surface area contributed by atoms with Crippen LogP contribution >= 0.6 is 0 Å². The monoisotopic (exact) mass is 209 g/mol. The van der Waals surface area contributed by atoms with Crippen molar-refractivity contribution in [3.05, 3.63) is 29.8 Å². The number of nitrogens with two attached hydrogens (primary N) is 1. The number of hydrogen-bond acceptors (Lipinski definition) is 4. The molecular weight excluding hydrogens is 194 g/mol. The SMILES string of the molecule is CCOCOC(=O)Cc1ccccc1N. The molecule has 1 rings (SSSR count). The van der Waals surface area contributed by atoms with Crippen LogP contribution in [0, 0.1) is 0 Å². The van der Waals surface area contributed by atoms with Gasteiger partial charge in [0.15, 0.2) is 6.79 Å². The molecule has 0 aliphatic carbocycles. The minimum absolute atomic E-state index is 0.00206. The summed E-state index contributed by atoms with van der Waals surface area (Å²) in [6.07, 6.45) is 0.180. The van der Waals surface area contributed by atoms with E-state index in [1.807, 2.05) is 19.1 Å². The summed E-state index contributed by atoms with van der Waals surface area (Å²) >= 11 is 0. The zero-order valence-corrected chi connectivity index (χ0v) is 8.73. The van der Waals surface area contributed by atoms with Gasteiger partial charge in [-0.15, -0.1) is 0 Å². The fourth-order valence-corrected chi connectivity index (χ4v) is 1.09. The lowest BCUT2D eigenvalue weighted by Crippen LogP contribution is -2.11. The molecule has 15 heavy (non-hydrogen) atoms. The number of esters is 1. The van der Waals surface area contributed by atoms with Crippen LogP contribution in [0.25, 0.3) is 0 Å². The van der Waals surface area contributed by atoms with E-state index in [1.54, 1.807) is 12.1 Å². The van der Waals surface area contributed by atoms with Crippen LogP contribution in [0.2, 0.25) is 0 Å². The normalized spacial score (nSPS) is 9.93. The maximum absolute atomic E-state index is 11.3. The summed E-state index contributed by atoms with van der Waals surface area (Å²) in [6.45, 7) is 2.37. The van der Waals surface area contributed by atoms with E-state index < -0.39 is 0 Å². The van der Waals surface area contributed by atoms with Crippen molar-refractivity contribution in [2.24, 2.45) is 0 Å². The fourth-order valence-electron chi connectivity index (χ4n) is 1.09. The van der Waals surface area contributed by atoms with Gasteiger partial charge in [0.25, 0.3) is 0 Å². The van der Waals surface area contributed by atoms with Crippen molar-refractivity contribution < 1.29 is 14.3 Å². The predicted octanol–water partition coefficient (Wildman–Crippen LogP) is 1.35. The van der Waals surface area contributed by atoms with Crippen LogP contribution in [0.1, 0.15) is 12.5 Å². The van der Waals surface area contributed by atoms with Gasteiger partial charge in [0.1, 0.15) is 0 Å². The number of hydrogen-bond donors (Lipinski definition) is 1. The Morgan fingerprint density at radius 1 is 1.40 bits per heavy atom. The first-order valence-electron chi connectivity index (χ1n) is 4.80. The average Bonchev–Trinajstić information content (AvgIpc) is 2.22. The van der Waals surface area contributed by atoms with Gasteiger partial charge in [-0.05, 0) is 18.6 Å². The molecule has 4 nitrogen and oxygen atoms in total. The lowest BCUT2D eigenvalue weighted by molar-refractivity contribution is -0.154. The van der Waals surface area contributed by atoms with E-state index in [9.17, 15) is 4.79 Å². The zero-order valence-electron chi connectivity index (χ0n) is 8.73. The van der Waals surface area contributed by atoms with Crippen LogP contribution < -0.4 is 5.73 Å². The van der Waals surface area contributed by atoms with Crippen molar-refractivity contribution in [2.45, 2.75) is 13.3 Å². The molecule has 0 saturated carbocycles. The van der Waals surface area contributed by atoms with Crippen LogP contribution in [0.4, 0.5) is 5.69 Å². The van der Waals surface area contributed by atoms with Gasteiger partial charge in [0.05, 0.1) is 6.42 Å². The Hall–Kier alpha value is -1.55. The third kappa shape index (κ3) is 3.99. The molecule has 0 amide bonds. The quantitative estimate of drug-likeness (QED) is 0.344. The Kier molecular flexibility index (Phi) is 4.63. The summed E-state index contributed by atoms with van der Waals surface area (Å²) in [7, 11) is 0. The molecule has 0 aromatic heterocycles. The number of benzene rings is 1. The predicted molar refractivity (Wildman–Crippen MR) is 57.1 cm³/mol. The number of carbonyl (C=O) groups excluding carboxylic acids is 1. The Morgan fingerprint density at radius 3 is 2.80 bits per heavy atom. The molecule has 0 fully saturated rings. The molecule has 0 radical (unpaired) electrons. The first-order valence-corrected chi connectivity index (χ1v) is 4.80. The van der Waals surface area contributed by atoms with Crippen LogP contribution in [0.3, 0.4) is 0 Å². The lowest BCUT2D eigenvalue weighted by atomic mass is 10.1. The largest absolute Gasteiger partial charge is 0.438 e. The van der Waals surface area contributed by atoms with Gasteiger partial charge in [-0.3, -0.25) is 4.79 Å². The number of carbonyl (C=O) groups is 1. The highest BCUT2D eigenvalue weighted by Gasteiger charge is 2.06. The van der Waals surface area contributed by atoms with Gasteiger partial charge in [0, 0.05) is 12.3 Å². The van der Waals surface area contributed by atoms with Crippen molar-refractivity contribution in [3.8, 4) is 0 Å². The average molecular weight is 209 g/mol. The summed E-state index contributed by atoms with van der Waals surface area (Å²) in [5.41, 5.74) is 7.06. The Balaban J connectivity index is 2.41. The Morgan fingerprint density at radius 2 is 2.13 bits per heavy atom. The molecule has 2 N–H and O–H groups in total. The van der Waals surface area contributed by atoms with Crippen molar-refractivity contribution in [1.82, 2.24) is 0 Å². The maximum atomic E-state index is 11.3. The van der Waals surface area contributed by atoms with Gasteiger partial charge >= 0.3 is 5.97 Å². The third-order valence-corrected chi connectivity index (χ3v) is 1.90. The maximum Gasteiger partial charge on any atom is 0.312 e. The second-order valence-electron chi connectivity index (χ2n) is 3.00. The third-order valence-electron chi connectivity index (χ3n) is 1.90. The number of ether oxygens (including phenoxy) is 2. The van der Waals surface area contributed by atoms with Gasteiger partial charge in [-0.1, -0.05) is 18.2 Å². The van der Waals surface area contributed by atoms with E-state index in [2.05, 4.69) is 0 Å². The van der Waals surface area contributed by atoms with Crippen LogP contribution in [0.15, 0.2) is 24.3 Å². The van der Waals surface area contributed by atoms with Crippen molar-refractivity contribution in [1.29, 1.82) is 0 Å². The summed E-state index contributed by atoms with van der Waals surface area (Å²) in [4.78, 5) is 11.3. The van der Waals surface area contributed by atoms with Gasteiger partial charge in [-0.25, -0.2) is 0 Å². The topological polar surface area (TPSA) is 61.5 Å². The molecule has 0 aliphatic rings. The molecule has 4 heteroatoms. The first-order chi connectivity index (χ1) is 7.24.